The van der Waals surface area contributed by atoms with Crippen LogP contribution in [0.2, 0.25) is 0 Å². The Kier molecular flexibility index (Phi) is 2.21. The molecule has 0 atom stereocenters. The lowest BCUT2D eigenvalue weighted by Crippen LogP contribution is -2.23. The van der Waals surface area contributed by atoms with Crippen molar-refractivity contribution < 1.29 is 9.90 Å². The summed E-state index contributed by atoms with van der Waals surface area (Å²) in [7, 11) is 0. The summed E-state index contributed by atoms with van der Waals surface area (Å²) in [6, 6.07) is 10.1. The molecule has 4 nitrogen and oxygen atoms in total. The van der Waals surface area contributed by atoms with Gasteiger partial charge in [0.05, 0.1) is 5.52 Å². The zero-order chi connectivity index (χ0) is 11.8. The number of benzene rings is 1. The Bertz CT molecular complexity index is 625. The van der Waals surface area contributed by atoms with Gasteiger partial charge in [0.15, 0.2) is 0 Å². The highest BCUT2D eigenvalue weighted by Gasteiger charge is 2.18. The lowest BCUT2D eigenvalue weighted by Gasteiger charge is -2.16. The Labute approximate surface area is 98.2 Å². The predicted octanol–water partition coefficient (Wildman–Crippen LogP) is 1.92. The fourth-order valence-electron chi connectivity index (χ4n) is 2.34. The molecule has 17 heavy (non-hydrogen) atoms. The van der Waals surface area contributed by atoms with E-state index in [0.717, 1.165) is 23.0 Å². The van der Waals surface area contributed by atoms with E-state index >= 15 is 0 Å². The van der Waals surface area contributed by atoms with Crippen LogP contribution in [0.25, 0.3) is 10.9 Å². The number of para-hydroxylation sites is 1. The molecular formula is C13H12N2O2. The highest BCUT2D eigenvalue weighted by molar-refractivity contribution is 6.04. The van der Waals surface area contributed by atoms with E-state index in [2.05, 4.69) is 11.1 Å². The lowest BCUT2D eigenvalue weighted by molar-refractivity contribution is -0.135. The van der Waals surface area contributed by atoms with E-state index in [-0.39, 0.29) is 6.42 Å². The van der Waals surface area contributed by atoms with Crippen molar-refractivity contribution in [1.29, 1.82) is 0 Å². The van der Waals surface area contributed by atoms with Gasteiger partial charge in [-0.2, -0.15) is 0 Å². The van der Waals surface area contributed by atoms with Crippen molar-refractivity contribution in [2.45, 2.75) is 12.8 Å². The van der Waals surface area contributed by atoms with Gasteiger partial charge in [-0.15, -0.1) is 0 Å². The number of carbonyl (C=O) groups is 1. The maximum atomic E-state index is 10.8. The van der Waals surface area contributed by atoms with Gasteiger partial charge in [0.25, 0.3) is 0 Å². The number of hydrogen-bond donors (Lipinski definition) is 1. The molecule has 86 valence electrons. The van der Waals surface area contributed by atoms with Crippen LogP contribution in [0.15, 0.2) is 35.3 Å². The number of rotatable bonds is 2. The standard InChI is InChI=1S/C13H12N2O2/c16-13(17)8-12-14-6-5-10-7-9-3-1-2-4-11(9)15(10)12/h1-4,7H,5-6,8H2,(H,16,17). The van der Waals surface area contributed by atoms with Gasteiger partial charge in [-0.1, -0.05) is 18.2 Å². The maximum Gasteiger partial charge on any atom is 0.311 e. The fraction of sp³-hybridized carbons (Fsp3) is 0.231. The van der Waals surface area contributed by atoms with Crippen molar-refractivity contribution >= 4 is 22.7 Å². The van der Waals surface area contributed by atoms with E-state index in [0.29, 0.717) is 12.4 Å². The smallest absolute Gasteiger partial charge is 0.311 e. The third kappa shape index (κ3) is 1.62. The summed E-state index contributed by atoms with van der Waals surface area (Å²) in [5.74, 6) is -0.200. The number of carboxylic acids is 1. The monoisotopic (exact) mass is 228 g/mol. The Morgan fingerprint density at radius 1 is 1.41 bits per heavy atom. The lowest BCUT2D eigenvalue weighted by atomic mass is 10.2. The minimum Gasteiger partial charge on any atom is -0.481 e. The molecular weight excluding hydrogens is 216 g/mol. The third-order valence-electron chi connectivity index (χ3n) is 3.02. The van der Waals surface area contributed by atoms with E-state index < -0.39 is 5.97 Å². The summed E-state index contributed by atoms with van der Waals surface area (Å²) in [6.07, 6.45) is 0.851. The van der Waals surface area contributed by atoms with E-state index in [4.69, 9.17) is 5.11 Å². The van der Waals surface area contributed by atoms with Crippen molar-refractivity contribution in [2.24, 2.45) is 4.99 Å². The summed E-state index contributed by atoms with van der Waals surface area (Å²) >= 11 is 0. The molecule has 1 aromatic heterocycles. The summed E-state index contributed by atoms with van der Waals surface area (Å²) < 4.78 is 1.98. The minimum absolute atomic E-state index is 0.0221. The summed E-state index contributed by atoms with van der Waals surface area (Å²) in [6.45, 7) is 0.679. The van der Waals surface area contributed by atoms with Crippen LogP contribution in [0.3, 0.4) is 0 Å². The second kappa shape index (κ2) is 3.73. The molecule has 0 radical (unpaired) electrons. The van der Waals surface area contributed by atoms with Gasteiger partial charge in [-0.3, -0.25) is 9.79 Å². The molecule has 0 amide bonds. The molecule has 0 spiro atoms. The van der Waals surface area contributed by atoms with E-state index in [1.165, 1.54) is 0 Å². The number of aliphatic carboxylic acids is 1. The first-order valence-electron chi connectivity index (χ1n) is 5.60. The van der Waals surface area contributed by atoms with Crippen molar-refractivity contribution in [3.05, 3.63) is 36.0 Å². The molecule has 3 rings (SSSR count). The molecule has 0 saturated carbocycles. The molecule has 1 aliphatic heterocycles. The van der Waals surface area contributed by atoms with Crippen molar-refractivity contribution in [1.82, 2.24) is 4.57 Å². The number of nitrogens with zero attached hydrogens (tertiary/aromatic N) is 2. The molecule has 0 saturated heterocycles. The number of aliphatic imine (C=N–C) groups is 1. The van der Waals surface area contributed by atoms with Gasteiger partial charge in [0.1, 0.15) is 12.3 Å². The van der Waals surface area contributed by atoms with E-state index in [1.807, 2.05) is 28.8 Å². The Hall–Kier alpha value is -2.10. The number of fused-ring (bicyclic) bond motifs is 3. The zero-order valence-corrected chi connectivity index (χ0v) is 9.26. The topological polar surface area (TPSA) is 54.6 Å². The van der Waals surface area contributed by atoms with Crippen LogP contribution < -0.4 is 0 Å². The second-order valence-electron chi connectivity index (χ2n) is 4.15. The highest BCUT2D eigenvalue weighted by Crippen LogP contribution is 2.23. The molecule has 0 bridgehead atoms. The molecule has 0 fully saturated rings. The maximum absolute atomic E-state index is 10.8. The minimum atomic E-state index is -0.839. The zero-order valence-electron chi connectivity index (χ0n) is 9.26. The van der Waals surface area contributed by atoms with Crippen molar-refractivity contribution in [3.63, 3.8) is 0 Å². The molecule has 0 aliphatic carbocycles. The third-order valence-corrected chi connectivity index (χ3v) is 3.02. The Balaban J connectivity index is 2.20. The van der Waals surface area contributed by atoms with E-state index in [1.54, 1.807) is 0 Å². The summed E-state index contributed by atoms with van der Waals surface area (Å²) in [5, 5.41) is 10.0. The van der Waals surface area contributed by atoms with Gasteiger partial charge < -0.3 is 9.67 Å². The first kappa shape index (κ1) is 10.1. The summed E-state index contributed by atoms with van der Waals surface area (Å²) in [5.41, 5.74) is 2.19. The molecule has 1 N–H and O–H groups in total. The normalized spacial score (nSPS) is 14.5. The van der Waals surface area contributed by atoms with Gasteiger partial charge in [-0.05, 0) is 12.1 Å². The predicted molar refractivity (Wildman–Crippen MR) is 65.6 cm³/mol. The van der Waals surface area contributed by atoms with Crippen LogP contribution in [-0.4, -0.2) is 28.0 Å². The highest BCUT2D eigenvalue weighted by atomic mass is 16.4. The van der Waals surface area contributed by atoms with Crippen LogP contribution in [0.5, 0.6) is 0 Å². The largest absolute Gasteiger partial charge is 0.481 e. The van der Waals surface area contributed by atoms with Gasteiger partial charge >= 0.3 is 5.97 Å². The van der Waals surface area contributed by atoms with Gasteiger partial charge in [0.2, 0.25) is 0 Å². The Morgan fingerprint density at radius 2 is 2.24 bits per heavy atom. The van der Waals surface area contributed by atoms with Crippen LogP contribution in [0.4, 0.5) is 0 Å². The van der Waals surface area contributed by atoms with E-state index in [9.17, 15) is 4.79 Å². The number of carboxylic acid groups (broad SMARTS) is 1. The Morgan fingerprint density at radius 3 is 3.06 bits per heavy atom. The van der Waals surface area contributed by atoms with Gasteiger partial charge in [0, 0.05) is 24.0 Å². The number of hydrogen-bond acceptors (Lipinski definition) is 2. The second-order valence-corrected chi connectivity index (χ2v) is 4.15. The average molecular weight is 228 g/mol. The molecule has 1 aromatic carbocycles. The van der Waals surface area contributed by atoms with Gasteiger partial charge in [-0.25, -0.2) is 0 Å². The SMILES string of the molecule is O=C(O)CC1=NCCc2cc3ccccc3n21. The summed E-state index contributed by atoms with van der Waals surface area (Å²) in [4.78, 5) is 15.2. The first-order chi connectivity index (χ1) is 8.25. The average Bonchev–Trinajstić information content (AvgIpc) is 2.67. The van der Waals surface area contributed by atoms with Crippen LogP contribution >= 0.6 is 0 Å². The quantitative estimate of drug-likeness (QED) is 0.853. The molecule has 1 aliphatic rings. The van der Waals surface area contributed by atoms with Crippen LogP contribution in [0, 0.1) is 0 Å². The van der Waals surface area contributed by atoms with Crippen LogP contribution in [-0.2, 0) is 11.2 Å². The first-order valence-corrected chi connectivity index (χ1v) is 5.60. The fourth-order valence-corrected chi connectivity index (χ4v) is 2.34. The number of aromatic nitrogens is 1. The molecule has 2 aromatic rings. The van der Waals surface area contributed by atoms with Crippen molar-refractivity contribution in [3.8, 4) is 0 Å². The molecule has 2 heterocycles. The molecule has 4 heteroatoms. The van der Waals surface area contributed by atoms with Crippen LogP contribution in [0.1, 0.15) is 12.1 Å². The van der Waals surface area contributed by atoms with Crippen molar-refractivity contribution in [2.75, 3.05) is 6.54 Å². The molecule has 0 unspecified atom stereocenters.